The Hall–Kier alpha value is -1.71. The summed E-state index contributed by atoms with van der Waals surface area (Å²) < 4.78 is 17.4. The monoisotopic (exact) mass is 222 g/mol. The molecule has 3 nitrogen and oxygen atoms in total. The van der Waals surface area contributed by atoms with Gasteiger partial charge in [-0.3, -0.25) is 9.59 Å². The maximum Gasteiger partial charge on any atom is 0.324 e. The van der Waals surface area contributed by atoms with Crippen LogP contribution in [0, 0.1) is 5.82 Å². The van der Waals surface area contributed by atoms with Crippen LogP contribution in [0.15, 0.2) is 24.3 Å². The quantitative estimate of drug-likeness (QED) is 0.567. The van der Waals surface area contributed by atoms with Crippen molar-refractivity contribution >= 4 is 11.9 Å². The molecule has 2 rings (SSSR count). The fourth-order valence-corrected chi connectivity index (χ4v) is 2.02. The maximum atomic E-state index is 12.8. The van der Waals surface area contributed by atoms with Gasteiger partial charge in [0.2, 0.25) is 0 Å². The zero-order valence-electron chi connectivity index (χ0n) is 8.83. The molecule has 0 aromatic heterocycles. The maximum absolute atomic E-state index is 12.8. The van der Waals surface area contributed by atoms with Crippen LogP contribution in [0.4, 0.5) is 4.39 Å². The van der Waals surface area contributed by atoms with Crippen LogP contribution < -0.4 is 0 Å². The third kappa shape index (κ3) is 1.50. The molecule has 1 unspecified atom stereocenters. The van der Waals surface area contributed by atoms with Gasteiger partial charge >= 0.3 is 11.9 Å². The SMILES string of the molecule is CCC1(c2ccc(F)cc2)CC(=O)OC1=O. The fourth-order valence-electron chi connectivity index (χ4n) is 2.02. The van der Waals surface area contributed by atoms with E-state index in [0.29, 0.717) is 12.0 Å². The van der Waals surface area contributed by atoms with Crippen LogP contribution in [-0.2, 0) is 19.7 Å². The molecule has 1 aliphatic heterocycles. The van der Waals surface area contributed by atoms with E-state index in [1.54, 1.807) is 0 Å². The molecule has 0 amide bonds. The first-order valence-corrected chi connectivity index (χ1v) is 5.09. The number of halogens is 1. The molecule has 1 aliphatic rings. The zero-order valence-corrected chi connectivity index (χ0v) is 8.83. The summed E-state index contributed by atoms with van der Waals surface area (Å²) in [5, 5.41) is 0. The summed E-state index contributed by atoms with van der Waals surface area (Å²) in [4.78, 5) is 22.8. The lowest BCUT2D eigenvalue weighted by Gasteiger charge is -2.22. The predicted molar refractivity (Wildman–Crippen MR) is 54.1 cm³/mol. The Bertz CT molecular complexity index is 438. The highest BCUT2D eigenvalue weighted by molar-refractivity contribution is 6.01. The fraction of sp³-hybridized carbons (Fsp3) is 0.333. The van der Waals surface area contributed by atoms with Crippen LogP contribution in [-0.4, -0.2) is 11.9 Å². The summed E-state index contributed by atoms with van der Waals surface area (Å²) in [6, 6.07) is 5.61. The summed E-state index contributed by atoms with van der Waals surface area (Å²) in [6.45, 7) is 1.81. The number of cyclic esters (lactones) is 2. The molecule has 1 fully saturated rings. The molecule has 0 bridgehead atoms. The lowest BCUT2D eigenvalue weighted by atomic mass is 9.77. The molecule has 0 radical (unpaired) electrons. The van der Waals surface area contributed by atoms with Gasteiger partial charge in [-0.25, -0.2) is 4.39 Å². The van der Waals surface area contributed by atoms with E-state index in [4.69, 9.17) is 0 Å². The molecule has 84 valence electrons. The molecule has 1 atom stereocenters. The third-order valence-electron chi connectivity index (χ3n) is 3.04. The van der Waals surface area contributed by atoms with Crippen molar-refractivity contribution in [3.63, 3.8) is 0 Å². The van der Waals surface area contributed by atoms with Crippen LogP contribution in [0.25, 0.3) is 0 Å². The molecule has 1 heterocycles. The van der Waals surface area contributed by atoms with Gasteiger partial charge in [-0.2, -0.15) is 0 Å². The number of carbonyl (C=O) groups is 2. The number of hydrogen-bond acceptors (Lipinski definition) is 3. The molecular weight excluding hydrogens is 211 g/mol. The molecule has 4 heteroatoms. The first-order chi connectivity index (χ1) is 7.58. The summed E-state index contributed by atoms with van der Waals surface area (Å²) >= 11 is 0. The van der Waals surface area contributed by atoms with E-state index in [1.807, 2.05) is 6.92 Å². The molecule has 1 saturated heterocycles. The summed E-state index contributed by atoms with van der Waals surface area (Å²) in [5.41, 5.74) is -0.294. The predicted octanol–water partition coefficient (Wildman–Crippen LogP) is 1.95. The van der Waals surface area contributed by atoms with E-state index >= 15 is 0 Å². The van der Waals surface area contributed by atoms with Gasteiger partial charge in [0.1, 0.15) is 11.2 Å². The minimum atomic E-state index is -0.926. The smallest absolute Gasteiger partial charge is 0.324 e. The van der Waals surface area contributed by atoms with Crippen LogP contribution in [0.3, 0.4) is 0 Å². The molecule has 0 spiro atoms. The zero-order chi connectivity index (χ0) is 11.8. The van der Waals surface area contributed by atoms with Crippen molar-refractivity contribution in [2.75, 3.05) is 0 Å². The van der Waals surface area contributed by atoms with Gasteiger partial charge < -0.3 is 4.74 Å². The Morgan fingerprint density at radius 1 is 1.31 bits per heavy atom. The van der Waals surface area contributed by atoms with Gasteiger partial charge in [-0.15, -0.1) is 0 Å². The lowest BCUT2D eigenvalue weighted by molar-refractivity contribution is -0.153. The van der Waals surface area contributed by atoms with Crippen LogP contribution in [0.1, 0.15) is 25.3 Å². The largest absolute Gasteiger partial charge is 0.392 e. The second-order valence-electron chi connectivity index (χ2n) is 3.88. The number of ether oxygens (including phenoxy) is 1. The molecule has 0 saturated carbocycles. The van der Waals surface area contributed by atoms with Gasteiger partial charge in [0, 0.05) is 0 Å². The molecule has 1 aromatic carbocycles. The summed E-state index contributed by atoms with van der Waals surface area (Å²) in [5.74, 6) is -1.42. The van der Waals surface area contributed by atoms with Crippen molar-refractivity contribution in [2.24, 2.45) is 0 Å². The van der Waals surface area contributed by atoms with Crippen molar-refractivity contribution in [1.29, 1.82) is 0 Å². The molecular formula is C12H11FO3. The van der Waals surface area contributed by atoms with Crippen molar-refractivity contribution in [3.8, 4) is 0 Å². The van der Waals surface area contributed by atoms with E-state index in [0.717, 1.165) is 0 Å². The number of esters is 2. The molecule has 1 aromatic rings. The Balaban J connectivity index is 2.46. The first kappa shape index (κ1) is 10.8. The van der Waals surface area contributed by atoms with Gasteiger partial charge in [0.25, 0.3) is 0 Å². The van der Waals surface area contributed by atoms with E-state index in [9.17, 15) is 14.0 Å². The van der Waals surface area contributed by atoms with Crippen molar-refractivity contribution in [3.05, 3.63) is 35.6 Å². The molecule has 0 aliphatic carbocycles. The van der Waals surface area contributed by atoms with E-state index < -0.39 is 17.4 Å². The number of benzene rings is 1. The topological polar surface area (TPSA) is 43.4 Å². The standard InChI is InChI=1S/C12H11FO3/c1-2-12(7-10(14)16-11(12)15)8-3-5-9(13)6-4-8/h3-6H,2,7H2,1H3. The number of hydrogen-bond donors (Lipinski definition) is 0. The van der Waals surface area contributed by atoms with Gasteiger partial charge in [-0.05, 0) is 24.1 Å². The number of rotatable bonds is 2. The summed E-state index contributed by atoms with van der Waals surface area (Å²) in [7, 11) is 0. The molecule has 0 N–H and O–H groups in total. The Kier molecular flexibility index (Phi) is 2.50. The Morgan fingerprint density at radius 2 is 1.94 bits per heavy atom. The highest BCUT2D eigenvalue weighted by Crippen LogP contribution is 2.38. The van der Waals surface area contributed by atoms with E-state index in [2.05, 4.69) is 4.74 Å². The van der Waals surface area contributed by atoms with Gasteiger partial charge in [0.15, 0.2) is 0 Å². The highest BCUT2D eigenvalue weighted by Gasteiger charge is 2.49. The normalized spacial score (nSPS) is 24.6. The second-order valence-corrected chi connectivity index (χ2v) is 3.88. The second kappa shape index (κ2) is 3.70. The Labute approximate surface area is 92.2 Å². The number of carbonyl (C=O) groups excluding carboxylic acids is 2. The van der Waals surface area contributed by atoms with Crippen molar-refractivity contribution in [1.82, 2.24) is 0 Å². The minimum absolute atomic E-state index is 0.0357. The average Bonchev–Trinajstić information content (AvgIpc) is 2.55. The minimum Gasteiger partial charge on any atom is -0.392 e. The van der Waals surface area contributed by atoms with Gasteiger partial charge in [0.05, 0.1) is 6.42 Å². The van der Waals surface area contributed by atoms with Gasteiger partial charge in [-0.1, -0.05) is 19.1 Å². The van der Waals surface area contributed by atoms with E-state index in [1.165, 1.54) is 24.3 Å². The van der Waals surface area contributed by atoms with Crippen molar-refractivity contribution in [2.45, 2.75) is 25.2 Å². The Morgan fingerprint density at radius 3 is 2.38 bits per heavy atom. The average molecular weight is 222 g/mol. The van der Waals surface area contributed by atoms with E-state index in [-0.39, 0.29) is 12.2 Å². The van der Waals surface area contributed by atoms with Crippen molar-refractivity contribution < 1.29 is 18.7 Å². The van der Waals surface area contributed by atoms with Crippen LogP contribution in [0.2, 0.25) is 0 Å². The highest BCUT2D eigenvalue weighted by atomic mass is 19.1. The van der Waals surface area contributed by atoms with Crippen LogP contribution in [0.5, 0.6) is 0 Å². The van der Waals surface area contributed by atoms with Crippen LogP contribution >= 0.6 is 0 Å². The summed E-state index contributed by atoms with van der Waals surface area (Å²) in [6.07, 6.45) is 0.497. The third-order valence-corrected chi connectivity index (χ3v) is 3.04. The first-order valence-electron chi connectivity index (χ1n) is 5.09. The molecule has 16 heavy (non-hydrogen) atoms. The lowest BCUT2D eigenvalue weighted by Crippen LogP contribution is -2.30.